The van der Waals surface area contributed by atoms with Crippen molar-refractivity contribution < 1.29 is 42.2 Å². The molecular weight excluding hydrogens is 317 g/mol. The molecule has 7 heteroatoms. The second-order valence-electron chi connectivity index (χ2n) is 3.10. The Balaban J connectivity index is 0.00000144. The molecule has 0 saturated carbocycles. The maximum atomic E-state index is 11.9. The summed E-state index contributed by atoms with van der Waals surface area (Å²) in [5.74, 6) is -0.684. The number of hydrogen-bond donors (Lipinski definition) is 0. The van der Waals surface area contributed by atoms with Crippen molar-refractivity contribution >= 4 is 27.5 Å². The van der Waals surface area contributed by atoms with Crippen LogP contribution in [0.4, 0.5) is 0 Å². The molecule has 0 atom stereocenters. The van der Waals surface area contributed by atoms with Crippen LogP contribution < -0.4 is 5.43 Å². The number of aryl methyl sites for hydroxylation is 1. The standard InChI is InChI=1S/C10H9N2O3S.Y/c1-3-15-10(14)7-8(13)6-4-5-16-9(6)12(2)11-7;/h4H,3H2,1-2H3;/q-1;. The first-order chi connectivity index (χ1) is 7.65. The van der Waals surface area contributed by atoms with Gasteiger partial charge in [0.2, 0.25) is 5.69 Å². The largest absolute Gasteiger partial charge is 0.461 e. The third kappa shape index (κ3) is 2.64. The Kier molecular flexibility index (Phi) is 4.97. The number of esters is 1. The van der Waals surface area contributed by atoms with Crippen molar-refractivity contribution in [3.8, 4) is 0 Å². The summed E-state index contributed by atoms with van der Waals surface area (Å²) >= 11 is 1.29. The number of aromatic nitrogens is 2. The molecule has 0 saturated heterocycles. The number of carbonyl (C=O) groups excluding carboxylic acids is 1. The molecule has 5 nitrogen and oxygen atoms in total. The Morgan fingerprint density at radius 2 is 2.35 bits per heavy atom. The van der Waals surface area contributed by atoms with Crippen molar-refractivity contribution in [3.05, 3.63) is 27.4 Å². The first-order valence-corrected chi connectivity index (χ1v) is 5.50. The molecule has 0 unspecified atom stereocenters. The van der Waals surface area contributed by atoms with Gasteiger partial charge in [0.05, 0.1) is 6.61 Å². The van der Waals surface area contributed by atoms with E-state index in [1.54, 1.807) is 20.0 Å². The van der Waals surface area contributed by atoms with Gasteiger partial charge in [-0.15, -0.1) is 5.38 Å². The third-order valence-corrected chi connectivity index (χ3v) is 2.97. The van der Waals surface area contributed by atoms with Crippen LogP contribution in [0.2, 0.25) is 0 Å². The van der Waals surface area contributed by atoms with E-state index < -0.39 is 11.4 Å². The molecule has 2 aromatic rings. The van der Waals surface area contributed by atoms with E-state index in [1.165, 1.54) is 16.0 Å². The van der Waals surface area contributed by atoms with E-state index in [0.717, 1.165) is 0 Å². The molecule has 1 radical (unpaired) electrons. The molecular formula is C10H9N2O3SY-. The molecule has 0 spiro atoms. The van der Waals surface area contributed by atoms with Gasteiger partial charge in [0.25, 0.3) is 0 Å². The van der Waals surface area contributed by atoms with Gasteiger partial charge < -0.3 is 14.2 Å². The van der Waals surface area contributed by atoms with Crippen molar-refractivity contribution in [1.29, 1.82) is 0 Å². The van der Waals surface area contributed by atoms with E-state index in [2.05, 4.69) is 10.5 Å². The molecule has 0 aliphatic rings. The van der Waals surface area contributed by atoms with Gasteiger partial charge in [0.1, 0.15) is 0 Å². The Morgan fingerprint density at radius 3 is 3.00 bits per heavy atom. The minimum Gasteiger partial charge on any atom is -0.461 e. The van der Waals surface area contributed by atoms with Crippen LogP contribution in [0.5, 0.6) is 0 Å². The van der Waals surface area contributed by atoms with Crippen molar-refractivity contribution in [1.82, 2.24) is 9.78 Å². The van der Waals surface area contributed by atoms with Crippen LogP contribution in [0, 0.1) is 5.38 Å². The molecule has 2 heterocycles. The molecule has 0 N–H and O–H groups in total. The summed E-state index contributed by atoms with van der Waals surface area (Å²) in [6.45, 7) is 1.90. The van der Waals surface area contributed by atoms with Crippen molar-refractivity contribution in [2.24, 2.45) is 7.05 Å². The van der Waals surface area contributed by atoms with Gasteiger partial charge in [-0.05, 0) is 11.8 Å². The zero-order valence-electron chi connectivity index (χ0n) is 9.39. The van der Waals surface area contributed by atoms with E-state index in [-0.39, 0.29) is 45.0 Å². The minimum atomic E-state index is -0.684. The molecule has 0 aliphatic heterocycles. The fraction of sp³-hybridized carbons (Fsp3) is 0.300. The van der Waals surface area contributed by atoms with E-state index in [0.29, 0.717) is 10.2 Å². The second-order valence-corrected chi connectivity index (χ2v) is 3.93. The maximum Gasteiger partial charge on any atom is 0.361 e. The maximum absolute atomic E-state index is 11.9. The van der Waals surface area contributed by atoms with Crippen molar-refractivity contribution in [3.63, 3.8) is 0 Å². The number of thiophene rings is 1. The molecule has 0 aromatic carbocycles. The number of carbonyl (C=O) groups is 1. The number of rotatable bonds is 2. The quantitative estimate of drug-likeness (QED) is 0.609. The Hall–Kier alpha value is -0.586. The molecule has 2 aromatic heterocycles. The molecule has 17 heavy (non-hydrogen) atoms. The van der Waals surface area contributed by atoms with Gasteiger partial charge in [0, 0.05) is 39.8 Å². The van der Waals surface area contributed by atoms with Crippen LogP contribution >= 0.6 is 11.3 Å². The zero-order chi connectivity index (χ0) is 11.7. The Bertz CT molecular complexity index is 605. The van der Waals surface area contributed by atoms with Gasteiger partial charge in [-0.1, -0.05) is 5.39 Å². The Morgan fingerprint density at radius 1 is 1.65 bits per heavy atom. The summed E-state index contributed by atoms with van der Waals surface area (Å²) in [7, 11) is 1.68. The van der Waals surface area contributed by atoms with Crippen molar-refractivity contribution in [2.75, 3.05) is 6.61 Å². The van der Waals surface area contributed by atoms with E-state index in [4.69, 9.17) is 4.74 Å². The first kappa shape index (κ1) is 14.5. The molecule has 0 bridgehead atoms. The average molecular weight is 326 g/mol. The van der Waals surface area contributed by atoms with E-state index >= 15 is 0 Å². The molecule has 87 valence electrons. The van der Waals surface area contributed by atoms with Crippen LogP contribution in [0.25, 0.3) is 10.2 Å². The summed E-state index contributed by atoms with van der Waals surface area (Å²) in [6, 6.07) is 1.56. The number of hydrogen-bond acceptors (Lipinski definition) is 5. The van der Waals surface area contributed by atoms with Crippen molar-refractivity contribution in [2.45, 2.75) is 6.92 Å². The topological polar surface area (TPSA) is 61.2 Å². The van der Waals surface area contributed by atoms with Crippen LogP contribution in [-0.4, -0.2) is 22.4 Å². The summed E-state index contributed by atoms with van der Waals surface area (Å²) in [6.07, 6.45) is 0. The normalized spacial score (nSPS) is 10.0. The van der Waals surface area contributed by atoms with Crippen LogP contribution in [0.15, 0.2) is 10.9 Å². The summed E-state index contributed by atoms with van der Waals surface area (Å²) < 4.78 is 6.26. The summed E-state index contributed by atoms with van der Waals surface area (Å²) in [5, 5.41) is 7.21. The fourth-order valence-corrected chi connectivity index (χ4v) is 2.09. The molecule has 2 rings (SSSR count). The SMILES string of the molecule is CCOC(=O)c1nn(C)c2s[c-]cc2c1=O.[Y]. The number of fused-ring (bicyclic) bond motifs is 1. The third-order valence-electron chi connectivity index (χ3n) is 2.06. The molecule has 0 fully saturated rings. The van der Waals surface area contributed by atoms with E-state index in [9.17, 15) is 9.59 Å². The van der Waals surface area contributed by atoms with Crippen LogP contribution in [0.3, 0.4) is 0 Å². The second kappa shape index (κ2) is 5.84. The van der Waals surface area contributed by atoms with Crippen LogP contribution in [-0.2, 0) is 44.5 Å². The Labute approximate surface area is 127 Å². The monoisotopic (exact) mass is 326 g/mol. The molecule has 0 amide bonds. The predicted octanol–water partition coefficient (Wildman–Crippen LogP) is 0.969. The minimum absolute atomic E-state index is 0. The predicted molar refractivity (Wildman–Crippen MR) is 59.7 cm³/mol. The van der Waals surface area contributed by atoms with Gasteiger partial charge in [-0.2, -0.15) is 11.2 Å². The first-order valence-electron chi connectivity index (χ1n) is 4.69. The fourth-order valence-electron chi connectivity index (χ4n) is 1.37. The van der Waals surface area contributed by atoms with E-state index in [1.807, 2.05) is 0 Å². The van der Waals surface area contributed by atoms with Crippen LogP contribution in [0.1, 0.15) is 17.4 Å². The van der Waals surface area contributed by atoms with Gasteiger partial charge >= 0.3 is 5.97 Å². The van der Waals surface area contributed by atoms with Gasteiger partial charge in [-0.3, -0.25) is 11.3 Å². The average Bonchev–Trinajstić information content (AvgIpc) is 2.73. The summed E-state index contributed by atoms with van der Waals surface area (Å²) in [5.41, 5.74) is -0.576. The number of nitrogens with zero attached hydrogens (tertiary/aromatic N) is 2. The summed E-state index contributed by atoms with van der Waals surface area (Å²) in [4.78, 5) is 24.0. The number of ether oxygens (including phenoxy) is 1. The smallest absolute Gasteiger partial charge is 0.361 e. The zero-order valence-corrected chi connectivity index (χ0v) is 13.0. The van der Waals surface area contributed by atoms with Gasteiger partial charge in [0.15, 0.2) is 5.43 Å². The molecule has 0 aliphatic carbocycles. The van der Waals surface area contributed by atoms with Gasteiger partial charge in [-0.25, -0.2) is 4.79 Å².